The Hall–Kier alpha value is -1.98. The van der Waals surface area contributed by atoms with Crippen LogP contribution in [0.5, 0.6) is 0 Å². The fourth-order valence-corrected chi connectivity index (χ4v) is 1.62. The molecule has 0 aliphatic heterocycles. The lowest BCUT2D eigenvalue weighted by Crippen LogP contribution is -2.00. The van der Waals surface area contributed by atoms with Gasteiger partial charge in [-0.15, -0.1) is 24.8 Å². The molecule has 0 saturated heterocycles. The molecule has 0 spiro atoms. The molecule has 0 fully saturated rings. The molecule has 0 bridgehead atoms. The molecule has 2 rings (SSSR count). The minimum atomic E-state index is -0.0102. The van der Waals surface area contributed by atoms with E-state index < -0.39 is 0 Å². The largest absolute Gasteiger partial charge is 0.481 e. The minimum Gasteiger partial charge on any atom is -0.481 e. The van der Waals surface area contributed by atoms with E-state index in [1.165, 1.54) is 14.2 Å². The number of halogens is 2. The van der Waals surface area contributed by atoms with Gasteiger partial charge in [-0.25, -0.2) is 0 Å². The third kappa shape index (κ3) is 4.24. The summed E-state index contributed by atoms with van der Waals surface area (Å²) in [6, 6.07) is 10.7. The van der Waals surface area contributed by atoms with Gasteiger partial charge in [-0.3, -0.25) is 10.8 Å². The van der Waals surface area contributed by atoms with Gasteiger partial charge in [-0.1, -0.05) is 12.1 Å². The van der Waals surface area contributed by atoms with Crippen LogP contribution in [-0.2, 0) is 9.47 Å². The second kappa shape index (κ2) is 8.34. The van der Waals surface area contributed by atoms with Crippen LogP contribution >= 0.6 is 24.8 Å². The lowest BCUT2D eigenvalue weighted by molar-refractivity contribution is 0.385. The van der Waals surface area contributed by atoms with Crippen LogP contribution in [0.3, 0.4) is 0 Å². The van der Waals surface area contributed by atoms with Crippen LogP contribution in [0.4, 0.5) is 0 Å². The van der Waals surface area contributed by atoms with Crippen molar-refractivity contribution in [2.45, 2.75) is 0 Å². The molecule has 21 heavy (non-hydrogen) atoms. The van der Waals surface area contributed by atoms with Gasteiger partial charge in [0, 0.05) is 11.1 Å². The van der Waals surface area contributed by atoms with Crippen LogP contribution in [0, 0.1) is 10.8 Å². The molecule has 0 saturated carbocycles. The first kappa shape index (κ1) is 19.0. The maximum Gasteiger partial charge on any atom is 0.249 e. The predicted molar refractivity (Wildman–Crippen MR) is 86.3 cm³/mol. The molecule has 7 heteroatoms. The van der Waals surface area contributed by atoms with E-state index in [1.807, 2.05) is 12.1 Å². The quantitative estimate of drug-likeness (QED) is 0.664. The molecule has 2 aromatic rings. The number of ether oxygens (including phenoxy) is 2. The van der Waals surface area contributed by atoms with Crippen LogP contribution in [0.1, 0.15) is 11.3 Å². The van der Waals surface area contributed by atoms with Gasteiger partial charge in [0.25, 0.3) is 0 Å². The highest BCUT2D eigenvalue weighted by Crippen LogP contribution is 2.23. The molecule has 0 amide bonds. The molecule has 1 aromatic heterocycles. The van der Waals surface area contributed by atoms with Crippen molar-refractivity contribution in [2.75, 3.05) is 14.2 Å². The summed E-state index contributed by atoms with van der Waals surface area (Å²) in [5.74, 6) is 1.13. The fraction of sp³-hybridized carbons (Fsp3) is 0.143. The van der Waals surface area contributed by atoms with Gasteiger partial charge in [0.15, 0.2) is 5.76 Å². The average molecular weight is 331 g/mol. The molecule has 5 nitrogen and oxygen atoms in total. The normalized spacial score (nSPS) is 9.05. The SMILES string of the molecule is COC(=N)c1ccc(-c2ccc(C(=N)OC)o2)cc1.Cl.Cl. The van der Waals surface area contributed by atoms with Crippen molar-refractivity contribution in [3.8, 4) is 11.3 Å². The summed E-state index contributed by atoms with van der Waals surface area (Å²) in [5.41, 5.74) is 1.56. The van der Waals surface area contributed by atoms with Crippen molar-refractivity contribution in [1.29, 1.82) is 10.8 Å². The number of benzene rings is 1. The number of furan rings is 1. The highest BCUT2D eigenvalue weighted by atomic mass is 35.5. The molecule has 0 unspecified atom stereocenters. The van der Waals surface area contributed by atoms with E-state index in [2.05, 4.69) is 0 Å². The Balaban J connectivity index is 0.00000200. The Morgan fingerprint density at radius 3 is 1.95 bits per heavy atom. The van der Waals surface area contributed by atoms with E-state index in [1.54, 1.807) is 24.3 Å². The van der Waals surface area contributed by atoms with Crippen molar-refractivity contribution in [3.63, 3.8) is 0 Å². The number of hydrogen-bond donors (Lipinski definition) is 2. The summed E-state index contributed by atoms with van der Waals surface area (Å²) in [6.07, 6.45) is 0. The molecule has 1 aromatic carbocycles. The summed E-state index contributed by atoms with van der Waals surface area (Å²) in [4.78, 5) is 0. The molecule has 0 aliphatic carbocycles. The third-order valence-electron chi connectivity index (χ3n) is 2.67. The van der Waals surface area contributed by atoms with Crippen molar-refractivity contribution < 1.29 is 13.9 Å². The molecule has 114 valence electrons. The molecular formula is C14H16Cl2N2O3. The monoisotopic (exact) mass is 330 g/mol. The Morgan fingerprint density at radius 1 is 0.857 bits per heavy atom. The van der Waals surface area contributed by atoms with E-state index in [9.17, 15) is 0 Å². The second-order valence-corrected chi connectivity index (χ2v) is 3.81. The first-order valence-electron chi connectivity index (χ1n) is 5.62. The Labute approximate surface area is 135 Å². The van der Waals surface area contributed by atoms with Gasteiger partial charge >= 0.3 is 0 Å². The van der Waals surface area contributed by atoms with Crippen LogP contribution < -0.4 is 0 Å². The van der Waals surface area contributed by atoms with Crippen molar-refractivity contribution >= 4 is 36.6 Å². The summed E-state index contributed by atoms with van der Waals surface area (Å²) < 4.78 is 15.2. The molecule has 0 atom stereocenters. The average Bonchev–Trinajstić information content (AvgIpc) is 2.95. The van der Waals surface area contributed by atoms with Crippen LogP contribution in [-0.4, -0.2) is 26.0 Å². The Kier molecular flexibility index (Phi) is 7.55. The topological polar surface area (TPSA) is 79.3 Å². The van der Waals surface area contributed by atoms with E-state index in [0.29, 0.717) is 17.1 Å². The van der Waals surface area contributed by atoms with Crippen molar-refractivity contribution in [3.05, 3.63) is 47.7 Å². The minimum absolute atomic E-state index is 0. The zero-order valence-electron chi connectivity index (χ0n) is 11.5. The molecule has 0 aliphatic rings. The highest BCUT2D eigenvalue weighted by Gasteiger charge is 2.09. The third-order valence-corrected chi connectivity index (χ3v) is 2.67. The Bertz CT molecular complexity index is 609. The lowest BCUT2D eigenvalue weighted by atomic mass is 10.1. The lowest BCUT2D eigenvalue weighted by Gasteiger charge is -2.03. The van der Waals surface area contributed by atoms with Gasteiger partial charge in [-0.2, -0.15) is 0 Å². The maximum absolute atomic E-state index is 7.55. The van der Waals surface area contributed by atoms with E-state index in [4.69, 9.17) is 24.7 Å². The van der Waals surface area contributed by atoms with E-state index in [0.717, 1.165) is 5.56 Å². The maximum atomic E-state index is 7.55. The molecule has 1 heterocycles. The summed E-state index contributed by atoms with van der Waals surface area (Å²) >= 11 is 0. The van der Waals surface area contributed by atoms with Gasteiger partial charge in [0.05, 0.1) is 14.2 Å². The van der Waals surface area contributed by atoms with Gasteiger partial charge < -0.3 is 13.9 Å². The van der Waals surface area contributed by atoms with E-state index in [-0.39, 0.29) is 36.6 Å². The number of methoxy groups -OCH3 is 2. The Morgan fingerprint density at radius 2 is 1.43 bits per heavy atom. The van der Waals surface area contributed by atoms with Crippen LogP contribution in [0.15, 0.2) is 40.8 Å². The highest BCUT2D eigenvalue weighted by molar-refractivity contribution is 5.92. The molecular weight excluding hydrogens is 315 g/mol. The number of nitrogens with one attached hydrogen (secondary N) is 2. The molecule has 0 radical (unpaired) electrons. The summed E-state index contributed by atoms with van der Waals surface area (Å²) in [6.45, 7) is 0. The smallest absolute Gasteiger partial charge is 0.249 e. The predicted octanol–water partition coefficient (Wildman–Crippen LogP) is 3.73. The number of rotatable bonds is 3. The summed E-state index contributed by atoms with van der Waals surface area (Å²) in [7, 11) is 2.89. The van der Waals surface area contributed by atoms with E-state index >= 15 is 0 Å². The first-order valence-corrected chi connectivity index (χ1v) is 5.62. The number of hydrogen-bond acceptors (Lipinski definition) is 5. The van der Waals surface area contributed by atoms with Gasteiger partial charge in [0.2, 0.25) is 11.8 Å². The zero-order valence-corrected chi connectivity index (χ0v) is 13.1. The zero-order chi connectivity index (χ0) is 13.8. The van der Waals surface area contributed by atoms with Crippen molar-refractivity contribution in [1.82, 2.24) is 0 Å². The van der Waals surface area contributed by atoms with Gasteiger partial charge in [-0.05, 0) is 24.3 Å². The summed E-state index contributed by atoms with van der Waals surface area (Å²) in [5, 5.41) is 15.1. The van der Waals surface area contributed by atoms with Gasteiger partial charge in [0.1, 0.15) is 5.76 Å². The van der Waals surface area contributed by atoms with Crippen LogP contribution in [0.25, 0.3) is 11.3 Å². The molecule has 2 N–H and O–H groups in total. The van der Waals surface area contributed by atoms with Crippen LogP contribution in [0.2, 0.25) is 0 Å². The first-order chi connectivity index (χ1) is 9.15. The second-order valence-electron chi connectivity index (χ2n) is 3.81. The fourth-order valence-electron chi connectivity index (χ4n) is 1.62. The standard InChI is InChI=1S/C14H14N2O3.2ClH/c1-17-13(15)10-5-3-9(4-6-10)11-7-8-12(19-11)14(16)18-2;;/h3-8,15-16H,1-2H3;2*1H. The van der Waals surface area contributed by atoms with Crippen molar-refractivity contribution in [2.24, 2.45) is 0 Å².